The van der Waals surface area contributed by atoms with Crippen LogP contribution >= 0.6 is 39.2 Å². The van der Waals surface area contributed by atoms with Crippen LogP contribution < -0.4 is 0 Å². The Balaban J connectivity index is 1.95. The summed E-state index contributed by atoms with van der Waals surface area (Å²) < 4.78 is 5.30. The van der Waals surface area contributed by atoms with Crippen LogP contribution in [0.5, 0.6) is 0 Å². The summed E-state index contributed by atoms with van der Waals surface area (Å²) in [7, 11) is 0. The van der Waals surface area contributed by atoms with Gasteiger partial charge >= 0.3 is 0 Å². The molecule has 1 aromatic carbocycles. The van der Waals surface area contributed by atoms with E-state index in [4.69, 9.17) is 0 Å². The molecule has 0 unspecified atom stereocenters. The highest BCUT2D eigenvalue weighted by Crippen LogP contribution is 2.19. The van der Waals surface area contributed by atoms with Crippen molar-refractivity contribution in [3.05, 3.63) is 34.3 Å². The minimum Gasteiger partial charge on any atom is -0.293 e. The first kappa shape index (κ1) is 11.7. The SMILES string of the molecule is O=C(CSc1nnns1)c1ccc(Br)cc1. The summed E-state index contributed by atoms with van der Waals surface area (Å²) in [5.74, 6) is 0.436. The first-order valence-corrected chi connectivity index (χ1v) is 6.87. The highest BCUT2D eigenvalue weighted by Gasteiger charge is 2.08. The Bertz CT molecular complexity index is 472. The minimum absolute atomic E-state index is 0.0766. The van der Waals surface area contributed by atoms with Crippen molar-refractivity contribution in [2.75, 3.05) is 5.75 Å². The van der Waals surface area contributed by atoms with Crippen LogP contribution in [0.4, 0.5) is 0 Å². The fraction of sp³-hybridized carbons (Fsp3) is 0.111. The van der Waals surface area contributed by atoms with Gasteiger partial charge in [0.05, 0.1) is 5.75 Å². The predicted molar refractivity (Wildman–Crippen MR) is 66.9 cm³/mol. The molecule has 0 saturated carbocycles. The van der Waals surface area contributed by atoms with Crippen molar-refractivity contribution in [1.29, 1.82) is 0 Å². The summed E-state index contributed by atoms with van der Waals surface area (Å²) in [4.78, 5) is 11.8. The number of Topliss-reactive ketones (excluding diaryl/α,β-unsaturated/α-hetero) is 1. The molecule has 0 spiro atoms. The summed E-state index contributed by atoms with van der Waals surface area (Å²) in [5, 5.41) is 7.22. The fourth-order valence-corrected chi connectivity index (χ4v) is 2.51. The molecule has 4 nitrogen and oxygen atoms in total. The Kier molecular flexibility index (Phi) is 4.03. The van der Waals surface area contributed by atoms with Gasteiger partial charge < -0.3 is 0 Å². The topological polar surface area (TPSA) is 55.7 Å². The second-order valence-electron chi connectivity index (χ2n) is 2.85. The lowest BCUT2D eigenvalue weighted by Crippen LogP contribution is -2.01. The van der Waals surface area contributed by atoms with Crippen LogP contribution in [-0.2, 0) is 0 Å². The van der Waals surface area contributed by atoms with Crippen molar-refractivity contribution >= 4 is 45.0 Å². The molecule has 0 fully saturated rings. The molecule has 2 rings (SSSR count). The number of ketones is 1. The van der Waals surface area contributed by atoms with E-state index in [-0.39, 0.29) is 5.78 Å². The van der Waals surface area contributed by atoms with Gasteiger partial charge in [0, 0.05) is 21.6 Å². The van der Waals surface area contributed by atoms with Gasteiger partial charge in [-0.05, 0) is 17.3 Å². The highest BCUT2D eigenvalue weighted by atomic mass is 79.9. The standard InChI is InChI=1S/C9H6BrN3OS2/c10-7-3-1-6(2-4-7)8(14)5-15-9-11-12-13-16-9/h1-4H,5H2. The zero-order chi connectivity index (χ0) is 11.4. The third-order valence-electron chi connectivity index (χ3n) is 1.77. The molecule has 1 aromatic heterocycles. The van der Waals surface area contributed by atoms with Gasteiger partial charge in [0.25, 0.3) is 0 Å². The van der Waals surface area contributed by atoms with E-state index in [1.807, 2.05) is 12.1 Å². The van der Waals surface area contributed by atoms with E-state index in [9.17, 15) is 4.79 Å². The molecule has 1 heterocycles. The average molecular weight is 316 g/mol. The first-order valence-electron chi connectivity index (χ1n) is 4.32. The van der Waals surface area contributed by atoms with Crippen molar-refractivity contribution in [2.24, 2.45) is 0 Å². The Hall–Kier alpha value is -0.790. The summed E-state index contributed by atoms with van der Waals surface area (Å²) in [6, 6.07) is 7.30. The third-order valence-corrected chi connectivity index (χ3v) is 4.01. The molecule has 16 heavy (non-hydrogen) atoms. The number of aromatic nitrogens is 3. The van der Waals surface area contributed by atoms with E-state index in [1.165, 1.54) is 23.3 Å². The molecule has 0 radical (unpaired) electrons. The van der Waals surface area contributed by atoms with E-state index in [1.54, 1.807) is 12.1 Å². The quantitative estimate of drug-likeness (QED) is 0.641. The Labute approximate surface area is 109 Å². The van der Waals surface area contributed by atoms with Crippen molar-refractivity contribution in [3.63, 3.8) is 0 Å². The second-order valence-corrected chi connectivity index (χ2v) is 5.72. The minimum atomic E-state index is 0.0766. The van der Waals surface area contributed by atoms with Crippen LogP contribution in [-0.4, -0.2) is 26.3 Å². The van der Waals surface area contributed by atoms with Gasteiger partial charge in [0.2, 0.25) is 0 Å². The molecule has 0 N–H and O–H groups in total. The average Bonchev–Trinajstić information content (AvgIpc) is 2.80. The van der Waals surface area contributed by atoms with E-state index in [2.05, 4.69) is 30.7 Å². The summed E-state index contributed by atoms with van der Waals surface area (Å²) in [6.45, 7) is 0. The van der Waals surface area contributed by atoms with Gasteiger partial charge in [-0.3, -0.25) is 4.79 Å². The van der Waals surface area contributed by atoms with Gasteiger partial charge in [-0.25, -0.2) is 0 Å². The van der Waals surface area contributed by atoms with Crippen LogP contribution in [0, 0.1) is 0 Å². The Morgan fingerprint density at radius 1 is 1.38 bits per heavy atom. The van der Waals surface area contributed by atoms with E-state index < -0.39 is 0 Å². The number of carbonyl (C=O) groups excluding carboxylic acids is 1. The lowest BCUT2D eigenvalue weighted by atomic mass is 10.2. The number of nitrogens with zero attached hydrogens (tertiary/aromatic N) is 3. The lowest BCUT2D eigenvalue weighted by molar-refractivity contribution is 0.102. The van der Waals surface area contributed by atoms with Gasteiger partial charge in [0.15, 0.2) is 10.1 Å². The van der Waals surface area contributed by atoms with Crippen molar-refractivity contribution in [3.8, 4) is 0 Å². The Morgan fingerprint density at radius 3 is 2.75 bits per heavy atom. The van der Waals surface area contributed by atoms with Gasteiger partial charge in [-0.2, -0.15) is 0 Å². The highest BCUT2D eigenvalue weighted by molar-refractivity contribution is 9.10. The molecule has 0 aliphatic heterocycles. The third kappa shape index (κ3) is 3.10. The zero-order valence-electron chi connectivity index (χ0n) is 7.96. The smallest absolute Gasteiger partial charge is 0.194 e. The van der Waals surface area contributed by atoms with Crippen LogP contribution in [0.1, 0.15) is 10.4 Å². The molecule has 0 amide bonds. The van der Waals surface area contributed by atoms with Crippen LogP contribution in [0.2, 0.25) is 0 Å². The molecule has 0 aliphatic rings. The number of carbonyl (C=O) groups is 1. The van der Waals surface area contributed by atoms with Crippen LogP contribution in [0.3, 0.4) is 0 Å². The van der Waals surface area contributed by atoms with Crippen molar-refractivity contribution in [1.82, 2.24) is 14.8 Å². The maximum atomic E-state index is 11.8. The molecule has 7 heteroatoms. The molecule has 0 saturated heterocycles. The van der Waals surface area contributed by atoms with Crippen molar-refractivity contribution in [2.45, 2.75) is 4.34 Å². The number of halogens is 1. The largest absolute Gasteiger partial charge is 0.293 e. The maximum Gasteiger partial charge on any atom is 0.194 e. The molecular formula is C9H6BrN3OS2. The molecule has 82 valence electrons. The van der Waals surface area contributed by atoms with E-state index in [0.717, 1.165) is 4.47 Å². The maximum absolute atomic E-state index is 11.8. The van der Waals surface area contributed by atoms with E-state index >= 15 is 0 Å². The molecule has 0 atom stereocenters. The number of hydrogen-bond acceptors (Lipinski definition) is 6. The second kappa shape index (κ2) is 5.51. The van der Waals surface area contributed by atoms with Gasteiger partial charge in [0.1, 0.15) is 0 Å². The van der Waals surface area contributed by atoms with Crippen LogP contribution in [0.25, 0.3) is 0 Å². The van der Waals surface area contributed by atoms with Crippen molar-refractivity contribution < 1.29 is 4.79 Å². The molecular weight excluding hydrogens is 310 g/mol. The monoisotopic (exact) mass is 315 g/mol. The number of thioether (sulfide) groups is 1. The van der Waals surface area contributed by atoms with E-state index in [0.29, 0.717) is 15.7 Å². The first-order chi connectivity index (χ1) is 7.75. The van der Waals surface area contributed by atoms with Crippen LogP contribution in [0.15, 0.2) is 33.1 Å². The summed E-state index contributed by atoms with van der Waals surface area (Å²) in [6.07, 6.45) is 0. The number of hydrogen-bond donors (Lipinski definition) is 0. The predicted octanol–water partition coefficient (Wildman–Crippen LogP) is 2.67. The zero-order valence-corrected chi connectivity index (χ0v) is 11.2. The Morgan fingerprint density at radius 2 is 2.12 bits per heavy atom. The summed E-state index contributed by atoms with van der Waals surface area (Å²) in [5.41, 5.74) is 0.702. The molecule has 0 bridgehead atoms. The lowest BCUT2D eigenvalue weighted by Gasteiger charge is -1.98. The fourth-order valence-electron chi connectivity index (χ4n) is 1.03. The number of rotatable bonds is 4. The summed E-state index contributed by atoms with van der Waals surface area (Å²) >= 11 is 5.87. The number of benzene rings is 1. The molecule has 0 aliphatic carbocycles. The molecule has 2 aromatic rings. The normalized spacial score (nSPS) is 10.3. The van der Waals surface area contributed by atoms with Gasteiger partial charge in [-0.1, -0.05) is 44.3 Å². The van der Waals surface area contributed by atoms with Gasteiger partial charge in [-0.15, -0.1) is 5.10 Å².